The van der Waals surface area contributed by atoms with E-state index in [2.05, 4.69) is 25.7 Å². The number of hydrogen-bond acceptors (Lipinski definition) is 8. The van der Waals surface area contributed by atoms with E-state index in [-0.39, 0.29) is 24.3 Å². The molecule has 24 heavy (non-hydrogen) atoms. The van der Waals surface area contributed by atoms with Crippen molar-refractivity contribution in [2.45, 2.75) is 24.3 Å². The maximum atomic E-state index is 6.22. The third kappa shape index (κ3) is 2.91. The van der Waals surface area contributed by atoms with Gasteiger partial charge in [0.15, 0.2) is 5.82 Å². The lowest BCUT2D eigenvalue weighted by atomic mass is 10.1. The molecule has 0 radical (unpaired) electrons. The molecule has 4 N–H and O–H groups in total. The molecular weight excluding hydrogens is 334 g/mol. The van der Waals surface area contributed by atoms with Crippen molar-refractivity contribution < 1.29 is 9.47 Å². The largest absolute Gasteiger partial charge is 0.371 e. The minimum absolute atomic E-state index is 0.0535. The number of fused-ring (bicyclic) bond motifs is 1. The SMILES string of the molecule is Cn1cc(Nc2ncc(Cl)c(NC3COC4C(N)COC34)n2)cn1. The smallest absolute Gasteiger partial charge is 0.229 e. The molecule has 2 aliphatic heterocycles. The van der Waals surface area contributed by atoms with Crippen LogP contribution in [0.4, 0.5) is 17.5 Å². The molecule has 4 atom stereocenters. The summed E-state index contributed by atoms with van der Waals surface area (Å²) < 4.78 is 13.1. The van der Waals surface area contributed by atoms with Crippen LogP contribution in [0.15, 0.2) is 18.6 Å². The van der Waals surface area contributed by atoms with Crippen molar-refractivity contribution in [2.75, 3.05) is 23.8 Å². The van der Waals surface area contributed by atoms with Crippen LogP contribution in [0.3, 0.4) is 0 Å². The minimum atomic E-state index is -0.0965. The van der Waals surface area contributed by atoms with Gasteiger partial charge in [0.05, 0.1) is 43.4 Å². The summed E-state index contributed by atoms with van der Waals surface area (Å²) in [5.74, 6) is 0.950. The fourth-order valence-corrected chi connectivity index (χ4v) is 3.12. The zero-order valence-corrected chi connectivity index (χ0v) is 13.8. The molecule has 9 nitrogen and oxygen atoms in total. The first kappa shape index (κ1) is 15.6. The summed E-state index contributed by atoms with van der Waals surface area (Å²) in [5, 5.41) is 10.9. The molecule has 2 aromatic heterocycles. The Morgan fingerprint density at radius 1 is 1.29 bits per heavy atom. The second kappa shape index (κ2) is 6.17. The zero-order valence-electron chi connectivity index (χ0n) is 13.0. The molecule has 4 rings (SSSR count). The highest BCUT2D eigenvalue weighted by Gasteiger charge is 2.46. The van der Waals surface area contributed by atoms with E-state index in [1.165, 1.54) is 0 Å². The number of rotatable bonds is 4. The first-order valence-electron chi connectivity index (χ1n) is 7.63. The van der Waals surface area contributed by atoms with E-state index >= 15 is 0 Å². The van der Waals surface area contributed by atoms with Crippen LogP contribution in [-0.4, -0.2) is 57.3 Å². The molecular formula is C14H18ClN7O2. The molecule has 0 saturated carbocycles. The van der Waals surface area contributed by atoms with Crippen molar-refractivity contribution in [1.29, 1.82) is 0 Å². The second-order valence-electron chi connectivity index (χ2n) is 5.93. The maximum absolute atomic E-state index is 6.22. The average Bonchev–Trinajstić information content (AvgIpc) is 3.23. The number of nitrogens with one attached hydrogen (secondary N) is 2. The Hall–Kier alpha value is -1.94. The molecule has 0 bridgehead atoms. The third-order valence-corrected chi connectivity index (χ3v) is 4.40. The molecule has 0 spiro atoms. The Bertz CT molecular complexity index is 740. The van der Waals surface area contributed by atoms with Crippen molar-refractivity contribution >= 4 is 29.1 Å². The third-order valence-electron chi connectivity index (χ3n) is 4.12. The van der Waals surface area contributed by atoms with E-state index in [9.17, 15) is 0 Å². The number of aromatic nitrogens is 4. The van der Waals surface area contributed by atoms with E-state index in [0.717, 1.165) is 5.69 Å². The van der Waals surface area contributed by atoms with Crippen LogP contribution in [0.25, 0.3) is 0 Å². The summed E-state index contributed by atoms with van der Waals surface area (Å²) in [4.78, 5) is 8.61. The lowest BCUT2D eigenvalue weighted by Gasteiger charge is -2.19. The molecule has 2 fully saturated rings. The standard InChI is InChI=1S/C14H18ClN7O2/c1-22-4-7(2-18-22)19-14-17-3-8(15)13(21-14)20-10-6-24-11-9(16)5-23-12(10)11/h2-4,9-12H,5-6,16H2,1H3,(H2,17,19,20,21). The van der Waals surface area contributed by atoms with E-state index in [1.54, 1.807) is 17.1 Å². The molecule has 2 aromatic rings. The first-order chi connectivity index (χ1) is 11.6. The van der Waals surface area contributed by atoms with Gasteiger partial charge in [-0.05, 0) is 0 Å². The van der Waals surface area contributed by atoms with Crippen molar-refractivity contribution in [3.8, 4) is 0 Å². The van der Waals surface area contributed by atoms with Gasteiger partial charge >= 0.3 is 0 Å². The Balaban J connectivity index is 1.49. The maximum Gasteiger partial charge on any atom is 0.229 e. The Morgan fingerprint density at radius 3 is 2.92 bits per heavy atom. The molecule has 2 saturated heterocycles. The molecule has 4 heterocycles. The van der Waals surface area contributed by atoms with E-state index in [1.807, 2.05) is 13.2 Å². The molecule has 128 valence electrons. The molecule has 2 aliphatic rings. The molecule has 0 aliphatic carbocycles. The van der Waals surface area contributed by atoms with Gasteiger partial charge in [-0.3, -0.25) is 4.68 Å². The van der Waals surface area contributed by atoms with Crippen molar-refractivity contribution in [3.63, 3.8) is 0 Å². The summed E-state index contributed by atoms with van der Waals surface area (Å²) in [5.41, 5.74) is 6.76. The Morgan fingerprint density at radius 2 is 2.12 bits per heavy atom. The summed E-state index contributed by atoms with van der Waals surface area (Å²) in [6.07, 6.45) is 4.88. The van der Waals surface area contributed by atoms with Crippen LogP contribution in [0.5, 0.6) is 0 Å². The normalized spacial score (nSPS) is 28.8. The Labute approximate surface area is 143 Å². The van der Waals surface area contributed by atoms with Crippen LogP contribution in [-0.2, 0) is 16.5 Å². The quantitative estimate of drug-likeness (QED) is 0.730. The minimum Gasteiger partial charge on any atom is -0.371 e. The van der Waals surface area contributed by atoms with Crippen molar-refractivity contribution in [3.05, 3.63) is 23.6 Å². The summed E-state index contributed by atoms with van der Waals surface area (Å²) in [7, 11) is 1.84. The highest BCUT2D eigenvalue weighted by Crippen LogP contribution is 2.30. The predicted molar refractivity (Wildman–Crippen MR) is 88.4 cm³/mol. The average molecular weight is 352 g/mol. The number of ether oxygens (including phenoxy) is 2. The van der Waals surface area contributed by atoms with Gasteiger partial charge in [0.2, 0.25) is 5.95 Å². The Kier molecular flexibility index (Phi) is 4.01. The van der Waals surface area contributed by atoms with Gasteiger partial charge in [-0.2, -0.15) is 10.1 Å². The van der Waals surface area contributed by atoms with Gasteiger partial charge in [0.1, 0.15) is 17.2 Å². The number of nitrogens with zero attached hydrogens (tertiary/aromatic N) is 4. The molecule has 4 unspecified atom stereocenters. The van der Waals surface area contributed by atoms with Crippen LogP contribution in [0.2, 0.25) is 5.02 Å². The predicted octanol–water partition coefficient (Wildman–Crippen LogP) is 0.512. The molecule has 0 amide bonds. The highest BCUT2D eigenvalue weighted by molar-refractivity contribution is 6.32. The number of halogens is 1. The molecule has 0 aromatic carbocycles. The van der Waals surface area contributed by atoms with E-state index in [4.69, 9.17) is 26.8 Å². The lowest BCUT2D eigenvalue weighted by Crippen LogP contribution is -2.38. The summed E-state index contributed by atoms with van der Waals surface area (Å²) >= 11 is 6.22. The van der Waals surface area contributed by atoms with Crippen LogP contribution < -0.4 is 16.4 Å². The number of nitrogens with two attached hydrogens (primary N) is 1. The van der Waals surface area contributed by atoms with Crippen molar-refractivity contribution in [2.24, 2.45) is 12.8 Å². The number of aryl methyl sites for hydroxylation is 1. The van der Waals surface area contributed by atoms with Crippen molar-refractivity contribution in [1.82, 2.24) is 19.7 Å². The summed E-state index contributed by atoms with van der Waals surface area (Å²) in [6, 6.07) is -0.146. The fraction of sp³-hybridized carbons (Fsp3) is 0.500. The second-order valence-corrected chi connectivity index (χ2v) is 6.34. The fourth-order valence-electron chi connectivity index (χ4n) is 2.97. The van der Waals surface area contributed by atoms with Gasteiger partial charge in [0, 0.05) is 13.2 Å². The van der Waals surface area contributed by atoms with Gasteiger partial charge in [0.25, 0.3) is 0 Å². The van der Waals surface area contributed by atoms with E-state index < -0.39 is 0 Å². The van der Waals surface area contributed by atoms with Gasteiger partial charge in [-0.15, -0.1) is 0 Å². The zero-order chi connectivity index (χ0) is 16.7. The van der Waals surface area contributed by atoms with Gasteiger partial charge in [-0.1, -0.05) is 11.6 Å². The van der Waals surface area contributed by atoms with Crippen LogP contribution in [0, 0.1) is 0 Å². The number of hydrogen-bond donors (Lipinski definition) is 3. The number of anilines is 3. The lowest BCUT2D eigenvalue weighted by molar-refractivity contribution is 0.0698. The van der Waals surface area contributed by atoms with Gasteiger partial charge < -0.3 is 25.8 Å². The molecule has 10 heteroatoms. The first-order valence-corrected chi connectivity index (χ1v) is 8.01. The van der Waals surface area contributed by atoms with Crippen LogP contribution in [0.1, 0.15) is 0 Å². The van der Waals surface area contributed by atoms with Gasteiger partial charge in [-0.25, -0.2) is 4.98 Å². The monoisotopic (exact) mass is 351 g/mol. The summed E-state index contributed by atoms with van der Waals surface area (Å²) in [6.45, 7) is 0.994. The van der Waals surface area contributed by atoms with Crippen LogP contribution >= 0.6 is 11.6 Å². The van der Waals surface area contributed by atoms with E-state index in [0.29, 0.717) is 30.0 Å². The topological polar surface area (TPSA) is 112 Å². The highest BCUT2D eigenvalue weighted by atomic mass is 35.5.